The van der Waals surface area contributed by atoms with Gasteiger partial charge in [-0.1, -0.05) is 48.0 Å². The fraction of sp³-hybridized carbons (Fsp3) is 0.235. The molecule has 0 aromatic heterocycles. The van der Waals surface area contributed by atoms with E-state index in [-0.39, 0.29) is 10.5 Å². The maximum absolute atomic E-state index is 12.2. The van der Waals surface area contributed by atoms with E-state index in [9.17, 15) is 18.3 Å². The number of carbonyl (C=O) groups is 1. The Kier molecular flexibility index (Phi) is 4.99. The summed E-state index contributed by atoms with van der Waals surface area (Å²) in [6.07, 6.45) is 0. The average Bonchev–Trinajstić information content (AvgIpc) is 2.54. The number of carbonyl (C=O) groups excluding carboxylic acids is 1. The van der Waals surface area contributed by atoms with Crippen LogP contribution in [0.15, 0.2) is 59.5 Å². The van der Waals surface area contributed by atoms with Gasteiger partial charge in [0.1, 0.15) is 12.2 Å². The molecule has 0 saturated heterocycles. The van der Waals surface area contributed by atoms with Gasteiger partial charge < -0.3 is 5.11 Å². The SMILES string of the molecule is Cc1ccc(S(=O)(=O)OCC(C)(O)C(=O)c2ccccc2)cc1. The van der Waals surface area contributed by atoms with Crippen molar-refractivity contribution in [3.8, 4) is 0 Å². The van der Waals surface area contributed by atoms with Crippen LogP contribution < -0.4 is 0 Å². The Morgan fingerprint density at radius 3 is 2.22 bits per heavy atom. The number of rotatable bonds is 6. The van der Waals surface area contributed by atoms with Crippen LogP contribution in [0.5, 0.6) is 0 Å². The van der Waals surface area contributed by atoms with Crippen molar-refractivity contribution in [2.75, 3.05) is 6.61 Å². The Balaban J connectivity index is 2.12. The summed E-state index contributed by atoms with van der Waals surface area (Å²) in [5.41, 5.74) is -0.747. The largest absolute Gasteiger partial charge is 0.379 e. The number of hydrogen-bond acceptors (Lipinski definition) is 5. The second kappa shape index (κ2) is 6.62. The number of ketones is 1. The molecule has 0 bridgehead atoms. The summed E-state index contributed by atoms with van der Waals surface area (Å²) in [5.74, 6) is -0.600. The second-order valence-corrected chi connectivity index (χ2v) is 7.11. The molecule has 122 valence electrons. The molecule has 0 aliphatic heterocycles. The zero-order valence-corrected chi connectivity index (χ0v) is 13.7. The first kappa shape index (κ1) is 17.3. The Hall–Kier alpha value is -2.02. The Morgan fingerprint density at radius 2 is 1.65 bits per heavy atom. The first-order chi connectivity index (χ1) is 10.7. The molecule has 2 aromatic carbocycles. The quantitative estimate of drug-likeness (QED) is 0.648. The summed E-state index contributed by atoms with van der Waals surface area (Å²) in [6, 6.07) is 14.3. The number of Topliss-reactive ketones (excluding diaryl/α,β-unsaturated/α-hetero) is 1. The number of hydrogen-bond donors (Lipinski definition) is 1. The Labute approximate surface area is 135 Å². The van der Waals surface area contributed by atoms with Gasteiger partial charge in [0.2, 0.25) is 0 Å². The molecule has 6 heteroatoms. The van der Waals surface area contributed by atoms with Gasteiger partial charge in [0.25, 0.3) is 10.1 Å². The third-order valence-corrected chi connectivity index (χ3v) is 4.61. The minimum absolute atomic E-state index is 0.0222. The highest BCUT2D eigenvalue weighted by molar-refractivity contribution is 7.86. The van der Waals surface area contributed by atoms with E-state index in [0.717, 1.165) is 5.56 Å². The molecule has 0 spiro atoms. The van der Waals surface area contributed by atoms with Crippen molar-refractivity contribution in [3.05, 3.63) is 65.7 Å². The summed E-state index contributed by atoms with van der Waals surface area (Å²) in [4.78, 5) is 12.2. The third-order valence-electron chi connectivity index (χ3n) is 3.33. The van der Waals surface area contributed by atoms with E-state index < -0.39 is 28.1 Å². The lowest BCUT2D eigenvalue weighted by molar-refractivity contribution is 0.0175. The number of aliphatic hydroxyl groups is 1. The predicted molar refractivity (Wildman–Crippen MR) is 85.7 cm³/mol. The van der Waals surface area contributed by atoms with Crippen LogP contribution in [0.25, 0.3) is 0 Å². The molecule has 1 atom stereocenters. The van der Waals surface area contributed by atoms with Gasteiger partial charge in [-0.05, 0) is 26.0 Å². The fourth-order valence-corrected chi connectivity index (χ4v) is 2.92. The van der Waals surface area contributed by atoms with Crippen LogP contribution in [-0.4, -0.2) is 31.5 Å². The monoisotopic (exact) mass is 334 g/mol. The van der Waals surface area contributed by atoms with Crippen molar-refractivity contribution >= 4 is 15.9 Å². The highest BCUT2D eigenvalue weighted by atomic mass is 32.2. The van der Waals surface area contributed by atoms with Gasteiger partial charge in [0.15, 0.2) is 5.78 Å². The second-order valence-electron chi connectivity index (χ2n) is 5.50. The van der Waals surface area contributed by atoms with E-state index in [4.69, 9.17) is 4.18 Å². The van der Waals surface area contributed by atoms with Crippen molar-refractivity contribution in [1.29, 1.82) is 0 Å². The van der Waals surface area contributed by atoms with Crippen molar-refractivity contribution in [2.24, 2.45) is 0 Å². The molecule has 1 unspecified atom stereocenters. The van der Waals surface area contributed by atoms with Gasteiger partial charge >= 0.3 is 0 Å². The van der Waals surface area contributed by atoms with Crippen LogP contribution in [0.4, 0.5) is 0 Å². The van der Waals surface area contributed by atoms with Gasteiger partial charge in [0, 0.05) is 5.56 Å². The maximum atomic E-state index is 12.2. The smallest absolute Gasteiger partial charge is 0.297 e. The molecule has 5 nitrogen and oxygen atoms in total. The molecule has 0 heterocycles. The van der Waals surface area contributed by atoms with Crippen molar-refractivity contribution < 1.29 is 22.5 Å². The summed E-state index contributed by atoms with van der Waals surface area (Å²) >= 11 is 0. The Bertz CT molecular complexity index is 777. The maximum Gasteiger partial charge on any atom is 0.297 e. The molecule has 0 radical (unpaired) electrons. The summed E-state index contributed by atoms with van der Waals surface area (Å²) in [6.45, 7) is 2.41. The van der Waals surface area contributed by atoms with Crippen LogP contribution in [0, 0.1) is 6.92 Å². The van der Waals surface area contributed by atoms with Crippen LogP contribution in [0.2, 0.25) is 0 Å². The molecular weight excluding hydrogens is 316 g/mol. The van der Waals surface area contributed by atoms with Crippen LogP contribution in [0.3, 0.4) is 0 Å². The van der Waals surface area contributed by atoms with E-state index in [2.05, 4.69) is 0 Å². The van der Waals surface area contributed by atoms with Crippen LogP contribution >= 0.6 is 0 Å². The first-order valence-electron chi connectivity index (χ1n) is 7.01. The van der Waals surface area contributed by atoms with Crippen LogP contribution in [0.1, 0.15) is 22.8 Å². The van der Waals surface area contributed by atoms with E-state index in [0.29, 0.717) is 0 Å². The minimum atomic E-state index is -4.04. The molecule has 0 amide bonds. The summed E-state index contributed by atoms with van der Waals surface area (Å²) < 4.78 is 29.1. The summed E-state index contributed by atoms with van der Waals surface area (Å²) in [5, 5.41) is 10.3. The topological polar surface area (TPSA) is 80.7 Å². The number of benzene rings is 2. The van der Waals surface area contributed by atoms with E-state index in [1.165, 1.54) is 19.1 Å². The van der Waals surface area contributed by atoms with Crippen molar-refractivity contribution in [1.82, 2.24) is 0 Å². The standard InChI is InChI=1S/C17H18O5S/c1-13-8-10-15(11-9-13)23(20,21)22-12-17(2,19)16(18)14-6-4-3-5-7-14/h3-11,19H,12H2,1-2H3. The lowest BCUT2D eigenvalue weighted by atomic mass is 9.96. The molecule has 2 aromatic rings. The lowest BCUT2D eigenvalue weighted by Crippen LogP contribution is -2.40. The normalized spacial score (nSPS) is 14.2. The lowest BCUT2D eigenvalue weighted by Gasteiger charge is -2.21. The molecule has 1 N–H and O–H groups in total. The molecule has 0 saturated carbocycles. The highest BCUT2D eigenvalue weighted by Crippen LogP contribution is 2.18. The van der Waals surface area contributed by atoms with Gasteiger partial charge in [-0.25, -0.2) is 0 Å². The zero-order chi connectivity index (χ0) is 17.1. The molecule has 0 aliphatic rings. The van der Waals surface area contributed by atoms with E-state index in [1.807, 2.05) is 6.92 Å². The van der Waals surface area contributed by atoms with Gasteiger partial charge in [-0.3, -0.25) is 8.98 Å². The minimum Gasteiger partial charge on any atom is -0.379 e. The van der Waals surface area contributed by atoms with Crippen molar-refractivity contribution in [2.45, 2.75) is 24.3 Å². The van der Waals surface area contributed by atoms with Gasteiger partial charge in [-0.2, -0.15) is 8.42 Å². The van der Waals surface area contributed by atoms with Crippen LogP contribution in [-0.2, 0) is 14.3 Å². The molecule has 0 aliphatic carbocycles. The zero-order valence-electron chi connectivity index (χ0n) is 12.9. The van der Waals surface area contributed by atoms with E-state index >= 15 is 0 Å². The number of aryl methyl sites for hydroxylation is 1. The molecule has 2 rings (SSSR count). The van der Waals surface area contributed by atoms with Gasteiger partial charge in [0.05, 0.1) is 4.90 Å². The Morgan fingerprint density at radius 1 is 1.09 bits per heavy atom. The summed E-state index contributed by atoms with van der Waals surface area (Å²) in [7, 11) is -4.04. The van der Waals surface area contributed by atoms with E-state index in [1.54, 1.807) is 42.5 Å². The van der Waals surface area contributed by atoms with Gasteiger partial charge in [-0.15, -0.1) is 0 Å². The molecule has 0 fully saturated rings. The average molecular weight is 334 g/mol. The third kappa shape index (κ3) is 4.25. The molecular formula is C17H18O5S. The highest BCUT2D eigenvalue weighted by Gasteiger charge is 2.33. The van der Waals surface area contributed by atoms with Crippen molar-refractivity contribution in [3.63, 3.8) is 0 Å². The predicted octanol–water partition coefficient (Wildman–Crippen LogP) is 2.33. The molecule has 23 heavy (non-hydrogen) atoms. The fourth-order valence-electron chi connectivity index (χ4n) is 1.93. The first-order valence-corrected chi connectivity index (χ1v) is 8.41.